The van der Waals surface area contributed by atoms with Gasteiger partial charge in [-0.2, -0.15) is 0 Å². The molecule has 2 aliphatic carbocycles. The Balaban J connectivity index is 1.22. The number of benzene rings is 8. The van der Waals surface area contributed by atoms with E-state index in [1.54, 1.807) is 0 Å². The molecular formula is C51H35N. The van der Waals surface area contributed by atoms with Gasteiger partial charge in [-0.25, -0.2) is 0 Å². The quantitative estimate of drug-likeness (QED) is 0.182. The van der Waals surface area contributed by atoms with Gasteiger partial charge in [-0.3, -0.25) is 0 Å². The summed E-state index contributed by atoms with van der Waals surface area (Å²) in [6, 6.07) is 72.7. The Kier molecular flexibility index (Phi) is 6.08. The number of hydrogen-bond donors (Lipinski definition) is 0. The SMILES string of the molecule is Cc1ccc2c(c1)C1(c3ccccc3-c3ccccc31)c1cc(N3c4ccccc4C(c4ccccc4)(c4ccccc4)c4ccccc43)ccc1-2. The van der Waals surface area contributed by atoms with Gasteiger partial charge >= 0.3 is 0 Å². The van der Waals surface area contributed by atoms with Crippen LogP contribution in [0.3, 0.4) is 0 Å². The third-order valence-corrected chi connectivity index (χ3v) is 12.0. The number of para-hydroxylation sites is 2. The van der Waals surface area contributed by atoms with Gasteiger partial charge in [0, 0.05) is 5.69 Å². The van der Waals surface area contributed by atoms with Gasteiger partial charge < -0.3 is 4.90 Å². The fraction of sp³-hybridized carbons (Fsp3) is 0.0588. The Labute approximate surface area is 305 Å². The van der Waals surface area contributed by atoms with Crippen LogP contribution in [0, 0.1) is 6.92 Å². The maximum atomic E-state index is 2.52. The molecule has 0 saturated carbocycles. The van der Waals surface area contributed by atoms with E-state index in [4.69, 9.17) is 0 Å². The number of anilines is 3. The van der Waals surface area contributed by atoms with Crippen LogP contribution in [-0.4, -0.2) is 0 Å². The van der Waals surface area contributed by atoms with Crippen LogP contribution >= 0.6 is 0 Å². The summed E-state index contributed by atoms with van der Waals surface area (Å²) in [7, 11) is 0. The number of aryl methyl sites for hydroxylation is 1. The van der Waals surface area contributed by atoms with Crippen molar-refractivity contribution >= 4 is 17.1 Å². The van der Waals surface area contributed by atoms with Crippen LogP contribution in [0.4, 0.5) is 17.1 Å². The first kappa shape index (κ1) is 29.3. The largest absolute Gasteiger partial charge is 0.310 e. The van der Waals surface area contributed by atoms with Gasteiger partial charge in [-0.05, 0) is 98.0 Å². The molecule has 0 fully saturated rings. The molecule has 0 unspecified atom stereocenters. The molecule has 0 radical (unpaired) electrons. The van der Waals surface area contributed by atoms with Gasteiger partial charge in [-0.1, -0.05) is 175 Å². The van der Waals surface area contributed by atoms with E-state index in [0.29, 0.717) is 0 Å². The third kappa shape index (κ3) is 3.62. The van der Waals surface area contributed by atoms with E-state index in [1.165, 1.54) is 89.4 Å². The zero-order chi connectivity index (χ0) is 34.4. The molecule has 1 heterocycles. The highest BCUT2D eigenvalue weighted by Crippen LogP contribution is 2.64. The minimum atomic E-state index is -0.499. The van der Waals surface area contributed by atoms with E-state index in [0.717, 1.165) is 0 Å². The van der Waals surface area contributed by atoms with Crippen molar-refractivity contribution in [1.82, 2.24) is 0 Å². The van der Waals surface area contributed by atoms with Gasteiger partial charge in [0.15, 0.2) is 0 Å². The van der Waals surface area contributed by atoms with E-state index in [2.05, 4.69) is 206 Å². The molecule has 1 heteroatoms. The molecule has 244 valence electrons. The van der Waals surface area contributed by atoms with Crippen LogP contribution in [0.2, 0.25) is 0 Å². The maximum absolute atomic E-state index is 2.52. The summed E-state index contributed by atoms with van der Waals surface area (Å²) in [4.78, 5) is 2.52. The number of fused-ring (bicyclic) bond motifs is 12. The summed E-state index contributed by atoms with van der Waals surface area (Å²) >= 11 is 0. The molecule has 1 aliphatic heterocycles. The number of hydrogen-bond acceptors (Lipinski definition) is 1. The van der Waals surface area contributed by atoms with Crippen LogP contribution in [0.1, 0.15) is 50.1 Å². The van der Waals surface area contributed by atoms with Crippen LogP contribution in [0.15, 0.2) is 194 Å². The van der Waals surface area contributed by atoms with Crippen molar-refractivity contribution in [3.05, 3.63) is 244 Å². The molecule has 3 aliphatic rings. The molecule has 52 heavy (non-hydrogen) atoms. The molecule has 0 amide bonds. The zero-order valence-electron chi connectivity index (χ0n) is 28.9. The van der Waals surface area contributed by atoms with E-state index >= 15 is 0 Å². The van der Waals surface area contributed by atoms with E-state index in [9.17, 15) is 0 Å². The summed E-state index contributed by atoms with van der Waals surface area (Å²) in [6.45, 7) is 2.22. The average molecular weight is 662 g/mol. The highest BCUT2D eigenvalue weighted by Gasteiger charge is 2.52. The van der Waals surface area contributed by atoms with Gasteiger partial charge in [0.2, 0.25) is 0 Å². The van der Waals surface area contributed by atoms with Crippen molar-refractivity contribution in [1.29, 1.82) is 0 Å². The summed E-state index contributed by atoms with van der Waals surface area (Å²) < 4.78 is 0. The molecule has 8 aromatic carbocycles. The van der Waals surface area contributed by atoms with E-state index < -0.39 is 10.8 Å². The van der Waals surface area contributed by atoms with Crippen LogP contribution in [0.25, 0.3) is 22.3 Å². The van der Waals surface area contributed by atoms with Gasteiger partial charge in [-0.15, -0.1) is 0 Å². The molecule has 0 saturated heterocycles. The Morgan fingerprint density at radius 1 is 0.327 bits per heavy atom. The second kappa shape index (κ2) is 10.8. The van der Waals surface area contributed by atoms with Crippen molar-refractivity contribution in [3.63, 3.8) is 0 Å². The lowest BCUT2D eigenvalue weighted by atomic mass is 9.62. The van der Waals surface area contributed by atoms with Crippen LogP contribution in [0.5, 0.6) is 0 Å². The van der Waals surface area contributed by atoms with Gasteiger partial charge in [0.25, 0.3) is 0 Å². The first-order valence-corrected chi connectivity index (χ1v) is 18.3. The summed E-state index contributed by atoms with van der Waals surface area (Å²) in [5.41, 5.74) is 19.8. The van der Waals surface area contributed by atoms with E-state index in [1.807, 2.05) is 0 Å². The molecule has 0 atom stereocenters. The topological polar surface area (TPSA) is 3.24 Å². The number of rotatable bonds is 3. The van der Waals surface area contributed by atoms with Crippen molar-refractivity contribution in [2.24, 2.45) is 0 Å². The maximum Gasteiger partial charge on any atom is 0.0742 e. The van der Waals surface area contributed by atoms with Gasteiger partial charge in [0.1, 0.15) is 0 Å². The van der Waals surface area contributed by atoms with Crippen LogP contribution in [-0.2, 0) is 10.8 Å². The lowest BCUT2D eigenvalue weighted by Crippen LogP contribution is -2.37. The fourth-order valence-electron chi connectivity index (χ4n) is 10.1. The Morgan fingerprint density at radius 2 is 0.750 bits per heavy atom. The Hall–Kier alpha value is -6.44. The van der Waals surface area contributed by atoms with Crippen LogP contribution < -0.4 is 4.90 Å². The summed E-state index contributed by atoms with van der Waals surface area (Å²) in [5, 5.41) is 0. The molecule has 1 nitrogen and oxygen atoms in total. The average Bonchev–Trinajstić information content (AvgIpc) is 3.67. The second-order valence-electron chi connectivity index (χ2n) is 14.5. The van der Waals surface area contributed by atoms with Crippen molar-refractivity contribution in [3.8, 4) is 22.3 Å². The monoisotopic (exact) mass is 661 g/mol. The Morgan fingerprint density at radius 3 is 1.31 bits per heavy atom. The minimum absolute atomic E-state index is 0.410. The molecule has 11 rings (SSSR count). The molecule has 0 aromatic heterocycles. The number of nitrogens with zero attached hydrogens (tertiary/aromatic N) is 1. The normalized spacial score (nSPS) is 14.9. The predicted molar refractivity (Wildman–Crippen MR) is 214 cm³/mol. The predicted octanol–water partition coefficient (Wildman–Crippen LogP) is 12.5. The summed E-state index contributed by atoms with van der Waals surface area (Å²) in [6.07, 6.45) is 0. The molecule has 0 N–H and O–H groups in total. The van der Waals surface area contributed by atoms with Crippen molar-refractivity contribution in [2.45, 2.75) is 17.8 Å². The second-order valence-corrected chi connectivity index (χ2v) is 14.5. The van der Waals surface area contributed by atoms with Crippen molar-refractivity contribution in [2.75, 3.05) is 4.90 Å². The third-order valence-electron chi connectivity index (χ3n) is 12.0. The minimum Gasteiger partial charge on any atom is -0.310 e. The first-order valence-electron chi connectivity index (χ1n) is 18.3. The molecule has 8 aromatic rings. The van der Waals surface area contributed by atoms with E-state index in [-0.39, 0.29) is 0 Å². The molecule has 1 spiro atoms. The lowest BCUT2D eigenvalue weighted by Gasteiger charge is -2.46. The Bertz CT molecular complexity index is 2570. The smallest absolute Gasteiger partial charge is 0.0742 e. The lowest BCUT2D eigenvalue weighted by molar-refractivity contribution is 0.731. The van der Waals surface area contributed by atoms with Gasteiger partial charge in [0.05, 0.1) is 22.2 Å². The zero-order valence-corrected chi connectivity index (χ0v) is 28.9. The highest BCUT2D eigenvalue weighted by molar-refractivity contribution is 5.97. The molecular weight excluding hydrogens is 627 g/mol. The standard InChI is InChI=1S/C51H35N/c1-34-28-30-40-41-31-29-37(33-47(41)51(46(40)32-34)42-22-10-8-20-38(42)39-21-9-11-23-43(39)51)52-48-26-14-12-24-44(48)50(35-16-4-2-5-17-35,36-18-6-3-7-19-36)45-25-13-15-27-49(45)52/h2-33H,1H3. The summed E-state index contributed by atoms with van der Waals surface area (Å²) in [5.74, 6) is 0. The molecule has 0 bridgehead atoms. The fourth-order valence-corrected chi connectivity index (χ4v) is 10.1. The highest BCUT2D eigenvalue weighted by atomic mass is 15.2. The van der Waals surface area contributed by atoms with Crippen molar-refractivity contribution < 1.29 is 0 Å². The first-order chi connectivity index (χ1) is 25.7.